The van der Waals surface area contributed by atoms with E-state index in [2.05, 4.69) is 0 Å². The van der Waals surface area contributed by atoms with Crippen LogP contribution in [0.2, 0.25) is 0 Å². The normalized spacial score (nSPS) is 21.7. The van der Waals surface area contributed by atoms with Gasteiger partial charge in [0, 0.05) is 12.6 Å². The van der Waals surface area contributed by atoms with Crippen molar-refractivity contribution in [2.45, 2.75) is 6.04 Å². The van der Waals surface area contributed by atoms with E-state index in [4.69, 9.17) is 9.84 Å². The fraction of sp³-hybridized carbons (Fsp3) is 0.385. The third kappa shape index (κ3) is 2.88. The molecule has 2 unspecified atom stereocenters. The first kappa shape index (κ1) is 15.0. The van der Waals surface area contributed by atoms with E-state index in [1.54, 1.807) is 19.2 Å². The summed E-state index contributed by atoms with van der Waals surface area (Å²) in [5.41, 5.74) is 0.321. The van der Waals surface area contributed by atoms with Crippen molar-refractivity contribution in [1.29, 1.82) is 0 Å². The number of carbonyl (C=O) groups is 2. The van der Waals surface area contributed by atoms with Crippen molar-refractivity contribution in [3.63, 3.8) is 0 Å². The second-order valence-electron chi connectivity index (χ2n) is 4.63. The largest absolute Gasteiger partial charge is 0.507 e. The number of benzene rings is 1. The van der Waals surface area contributed by atoms with Gasteiger partial charge >= 0.3 is 5.97 Å². The quantitative estimate of drug-likeness (QED) is 0.756. The Hall–Kier alpha value is -1.35. The van der Waals surface area contributed by atoms with Gasteiger partial charge in [0.15, 0.2) is 0 Å². The average molecular weight is 391 g/mol. The van der Waals surface area contributed by atoms with Crippen molar-refractivity contribution < 1.29 is 24.5 Å². The molecule has 1 saturated heterocycles. The number of carboxylic acids is 1. The van der Waals surface area contributed by atoms with Crippen LogP contribution in [-0.2, 0) is 9.53 Å². The predicted molar refractivity (Wildman–Crippen MR) is 78.7 cm³/mol. The lowest BCUT2D eigenvalue weighted by atomic mass is 10.0. The maximum atomic E-state index is 12.3. The molecular weight excluding hydrogens is 377 g/mol. The van der Waals surface area contributed by atoms with Crippen LogP contribution >= 0.6 is 22.6 Å². The lowest BCUT2D eigenvalue weighted by molar-refractivity contribution is -0.142. The Morgan fingerprint density at radius 1 is 1.40 bits per heavy atom. The molecule has 1 aromatic rings. The summed E-state index contributed by atoms with van der Waals surface area (Å²) < 4.78 is 5.80. The molecule has 108 valence electrons. The average Bonchev–Trinajstić information content (AvgIpc) is 2.89. The highest BCUT2D eigenvalue weighted by atomic mass is 127. The summed E-state index contributed by atoms with van der Waals surface area (Å²) in [5, 5.41) is 18.7. The van der Waals surface area contributed by atoms with Crippen molar-refractivity contribution >= 4 is 34.5 Å². The number of carboxylic acid groups (broad SMARTS) is 1. The number of rotatable bonds is 3. The van der Waals surface area contributed by atoms with Crippen LogP contribution in [0.15, 0.2) is 18.2 Å². The fourth-order valence-corrected chi connectivity index (χ4v) is 2.50. The third-order valence-corrected chi connectivity index (χ3v) is 4.29. The molecule has 1 amide bonds. The van der Waals surface area contributed by atoms with Crippen LogP contribution in [0, 0.1) is 9.49 Å². The molecule has 0 spiro atoms. The van der Waals surface area contributed by atoms with Gasteiger partial charge in [-0.1, -0.05) is 0 Å². The first-order chi connectivity index (χ1) is 9.41. The van der Waals surface area contributed by atoms with Crippen LogP contribution in [0.1, 0.15) is 10.4 Å². The number of hydrogen-bond acceptors (Lipinski definition) is 4. The number of nitrogens with zero attached hydrogens (tertiary/aromatic N) is 1. The predicted octanol–water partition coefficient (Wildman–Crippen LogP) is 1.17. The lowest BCUT2D eigenvalue weighted by Gasteiger charge is -2.26. The summed E-state index contributed by atoms with van der Waals surface area (Å²) in [7, 11) is 1.55. The molecule has 0 radical (unpaired) electrons. The second kappa shape index (κ2) is 5.96. The monoisotopic (exact) mass is 391 g/mol. The maximum absolute atomic E-state index is 12.3. The molecule has 7 heteroatoms. The summed E-state index contributed by atoms with van der Waals surface area (Å²) in [4.78, 5) is 24.8. The highest BCUT2D eigenvalue weighted by Gasteiger charge is 2.38. The Balaban J connectivity index is 2.19. The number of hydrogen-bond donors (Lipinski definition) is 2. The zero-order chi connectivity index (χ0) is 14.9. The highest BCUT2D eigenvalue weighted by molar-refractivity contribution is 14.1. The van der Waals surface area contributed by atoms with Gasteiger partial charge in [0.05, 0.1) is 22.8 Å². The summed E-state index contributed by atoms with van der Waals surface area (Å²) >= 11 is 1.96. The molecule has 1 heterocycles. The molecular formula is C13H14INO5. The van der Waals surface area contributed by atoms with E-state index < -0.39 is 17.9 Å². The third-order valence-electron chi connectivity index (χ3n) is 3.38. The second-order valence-corrected chi connectivity index (χ2v) is 5.79. The van der Waals surface area contributed by atoms with E-state index in [0.29, 0.717) is 9.13 Å². The van der Waals surface area contributed by atoms with Crippen LogP contribution in [0.5, 0.6) is 5.75 Å². The minimum Gasteiger partial charge on any atom is -0.507 e. The Kier molecular flexibility index (Phi) is 4.48. The molecule has 0 aromatic heterocycles. The molecule has 1 fully saturated rings. The van der Waals surface area contributed by atoms with Gasteiger partial charge in [-0.05, 0) is 40.8 Å². The van der Waals surface area contributed by atoms with E-state index in [1.165, 1.54) is 11.0 Å². The van der Waals surface area contributed by atoms with E-state index in [-0.39, 0.29) is 24.9 Å². The van der Waals surface area contributed by atoms with Crippen LogP contribution in [0.25, 0.3) is 0 Å². The van der Waals surface area contributed by atoms with E-state index in [9.17, 15) is 14.7 Å². The van der Waals surface area contributed by atoms with E-state index in [0.717, 1.165) is 0 Å². The summed E-state index contributed by atoms with van der Waals surface area (Å²) in [5.74, 6) is -2.00. The number of phenols is 1. The first-order valence-corrected chi connectivity index (χ1v) is 7.06. The number of halogens is 1. The summed E-state index contributed by atoms with van der Waals surface area (Å²) in [6, 6.07) is 4.12. The Morgan fingerprint density at radius 2 is 2.10 bits per heavy atom. The van der Waals surface area contributed by atoms with Gasteiger partial charge in [-0.2, -0.15) is 0 Å². The van der Waals surface area contributed by atoms with E-state index in [1.807, 2.05) is 22.6 Å². The topological polar surface area (TPSA) is 87.1 Å². The number of likely N-dealkylation sites (N-methyl/N-ethyl adjacent to an activating group) is 1. The highest BCUT2D eigenvalue weighted by Crippen LogP contribution is 2.24. The summed E-state index contributed by atoms with van der Waals surface area (Å²) in [6.07, 6.45) is 0. The maximum Gasteiger partial charge on any atom is 0.311 e. The van der Waals surface area contributed by atoms with Crippen molar-refractivity contribution in [2.24, 2.45) is 5.92 Å². The number of carbonyl (C=O) groups excluding carboxylic acids is 1. The van der Waals surface area contributed by atoms with Gasteiger partial charge < -0.3 is 19.8 Å². The Labute approximate surface area is 129 Å². The van der Waals surface area contributed by atoms with Crippen molar-refractivity contribution in [1.82, 2.24) is 4.90 Å². The number of phenolic OH excluding ortho intramolecular Hbond substituents is 1. The van der Waals surface area contributed by atoms with Gasteiger partial charge in [0.25, 0.3) is 5.91 Å². The molecule has 6 nitrogen and oxygen atoms in total. The first-order valence-electron chi connectivity index (χ1n) is 5.98. The molecule has 1 aliphatic heterocycles. The number of aromatic hydroxyl groups is 1. The molecule has 0 aliphatic carbocycles. The van der Waals surface area contributed by atoms with Crippen LogP contribution < -0.4 is 0 Å². The van der Waals surface area contributed by atoms with Crippen molar-refractivity contribution in [3.05, 3.63) is 27.3 Å². The number of ether oxygens (including phenoxy) is 1. The number of aliphatic carboxylic acids is 1. The van der Waals surface area contributed by atoms with Gasteiger partial charge in [-0.3, -0.25) is 9.59 Å². The molecule has 2 N–H and O–H groups in total. The standard InChI is InChI=1S/C13H14INO5/c1-15(10-6-20-5-8(10)13(18)19)12(17)7-2-3-9(14)11(16)4-7/h2-4,8,10,16H,5-6H2,1H3,(H,18,19). The smallest absolute Gasteiger partial charge is 0.311 e. The van der Waals surface area contributed by atoms with Crippen molar-refractivity contribution in [2.75, 3.05) is 20.3 Å². The van der Waals surface area contributed by atoms with Crippen LogP contribution in [-0.4, -0.2) is 53.3 Å². The van der Waals surface area contributed by atoms with Crippen LogP contribution in [0.4, 0.5) is 0 Å². The number of amides is 1. The van der Waals surface area contributed by atoms with Gasteiger partial charge in [-0.15, -0.1) is 0 Å². The zero-order valence-corrected chi connectivity index (χ0v) is 12.9. The van der Waals surface area contributed by atoms with Crippen LogP contribution in [0.3, 0.4) is 0 Å². The Morgan fingerprint density at radius 3 is 2.70 bits per heavy atom. The molecule has 2 rings (SSSR count). The fourth-order valence-electron chi connectivity index (χ4n) is 2.16. The molecule has 1 aliphatic rings. The van der Waals surface area contributed by atoms with Gasteiger partial charge in [0.2, 0.25) is 0 Å². The zero-order valence-electron chi connectivity index (χ0n) is 10.7. The molecule has 0 bridgehead atoms. The SMILES string of the molecule is CN(C(=O)c1ccc(I)c(O)c1)C1COCC1C(=O)O. The molecule has 1 aromatic carbocycles. The van der Waals surface area contributed by atoms with E-state index >= 15 is 0 Å². The summed E-state index contributed by atoms with van der Waals surface area (Å²) in [6.45, 7) is 0.311. The molecule has 2 atom stereocenters. The Bertz CT molecular complexity index is 548. The minimum atomic E-state index is -0.974. The van der Waals surface area contributed by atoms with Crippen molar-refractivity contribution in [3.8, 4) is 5.75 Å². The molecule has 20 heavy (non-hydrogen) atoms. The molecule has 0 saturated carbocycles. The lowest BCUT2D eigenvalue weighted by Crippen LogP contribution is -2.44. The van der Waals surface area contributed by atoms with Gasteiger partial charge in [-0.25, -0.2) is 0 Å². The van der Waals surface area contributed by atoms with Gasteiger partial charge in [0.1, 0.15) is 11.7 Å². The minimum absolute atomic E-state index is 0.0299.